The van der Waals surface area contributed by atoms with Gasteiger partial charge < -0.3 is 10.4 Å². The molecule has 0 heterocycles. The van der Waals surface area contributed by atoms with Crippen LogP contribution in [0.4, 0.5) is 5.69 Å². The van der Waals surface area contributed by atoms with E-state index in [0.717, 1.165) is 0 Å². The highest BCUT2D eigenvalue weighted by atomic mass is 79.9. The number of benzene rings is 1. The summed E-state index contributed by atoms with van der Waals surface area (Å²) < 4.78 is 0.452. The van der Waals surface area contributed by atoms with Gasteiger partial charge in [0, 0.05) is 28.2 Å². The van der Waals surface area contributed by atoms with Gasteiger partial charge in [0.2, 0.25) is 0 Å². The fourth-order valence-electron chi connectivity index (χ4n) is 1.16. The summed E-state index contributed by atoms with van der Waals surface area (Å²) in [4.78, 5) is 21.7. The maximum atomic E-state index is 11.7. The first kappa shape index (κ1) is 13.6. The van der Waals surface area contributed by atoms with Crippen molar-refractivity contribution in [3.05, 3.63) is 38.3 Å². The van der Waals surface area contributed by atoms with E-state index in [0.29, 0.717) is 4.47 Å². The molecule has 0 fully saturated rings. The molecule has 0 saturated carbocycles. The van der Waals surface area contributed by atoms with E-state index < -0.39 is 16.9 Å². The number of hydrogen-bond donors (Lipinski definition) is 2. The van der Waals surface area contributed by atoms with Gasteiger partial charge in [-0.3, -0.25) is 14.9 Å². The minimum atomic E-state index is -0.572. The van der Waals surface area contributed by atoms with Crippen LogP contribution in [0.3, 0.4) is 0 Å². The molecule has 1 aromatic carbocycles. The Morgan fingerprint density at radius 3 is 2.76 bits per heavy atom. The average molecular weight is 303 g/mol. The van der Waals surface area contributed by atoms with Gasteiger partial charge in [0.25, 0.3) is 11.6 Å². The third kappa shape index (κ3) is 3.79. The van der Waals surface area contributed by atoms with Crippen molar-refractivity contribution in [2.45, 2.75) is 13.0 Å². The number of halogens is 1. The maximum absolute atomic E-state index is 11.7. The van der Waals surface area contributed by atoms with Crippen molar-refractivity contribution >= 4 is 27.5 Å². The van der Waals surface area contributed by atoms with Gasteiger partial charge in [-0.25, -0.2) is 0 Å². The molecule has 0 aliphatic rings. The number of nitrogens with one attached hydrogen (secondary N) is 1. The molecule has 1 unspecified atom stereocenters. The van der Waals surface area contributed by atoms with Crippen molar-refractivity contribution in [3.8, 4) is 0 Å². The summed E-state index contributed by atoms with van der Waals surface area (Å²) in [5, 5.41) is 21.9. The normalized spacial score (nSPS) is 11.9. The summed E-state index contributed by atoms with van der Waals surface area (Å²) in [7, 11) is 0. The second-order valence-corrected chi connectivity index (χ2v) is 4.43. The molecule has 0 saturated heterocycles. The SMILES string of the molecule is CC(CO)NC(=O)c1cc(Br)cc([N+](=O)[O-])c1. The topological polar surface area (TPSA) is 92.5 Å². The van der Waals surface area contributed by atoms with E-state index in [1.807, 2.05) is 0 Å². The first-order valence-corrected chi connectivity index (χ1v) is 5.60. The van der Waals surface area contributed by atoms with Crippen molar-refractivity contribution in [1.82, 2.24) is 5.32 Å². The molecule has 0 aliphatic heterocycles. The van der Waals surface area contributed by atoms with E-state index in [-0.39, 0.29) is 17.9 Å². The van der Waals surface area contributed by atoms with Crippen LogP contribution in [0.2, 0.25) is 0 Å². The van der Waals surface area contributed by atoms with E-state index >= 15 is 0 Å². The van der Waals surface area contributed by atoms with Gasteiger partial charge in [-0.2, -0.15) is 0 Å². The highest BCUT2D eigenvalue weighted by molar-refractivity contribution is 9.10. The molecule has 1 atom stereocenters. The van der Waals surface area contributed by atoms with Gasteiger partial charge in [0.05, 0.1) is 11.5 Å². The summed E-state index contributed by atoms with van der Waals surface area (Å²) in [5.74, 6) is -0.462. The van der Waals surface area contributed by atoms with Crippen LogP contribution in [0.25, 0.3) is 0 Å². The molecular weight excluding hydrogens is 292 g/mol. The maximum Gasteiger partial charge on any atom is 0.271 e. The smallest absolute Gasteiger partial charge is 0.271 e. The monoisotopic (exact) mass is 302 g/mol. The molecule has 1 aromatic rings. The highest BCUT2D eigenvalue weighted by Crippen LogP contribution is 2.21. The summed E-state index contributed by atoms with van der Waals surface area (Å²) in [6.45, 7) is 1.44. The van der Waals surface area contributed by atoms with Crippen molar-refractivity contribution < 1.29 is 14.8 Å². The van der Waals surface area contributed by atoms with Crippen LogP contribution in [0, 0.1) is 10.1 Å². The van der Waals surface area contributed by atoms with Crippen molar-refractivity contribution in [1.29, 1.82) is 0 Å². The molecule has 1 rings (SSSR count). The lowest BCUT2D eigenvalue weighted by atomic mass is 10.2. The number of aliphatic hydroxyl groups excluding tert-OH is 1. The number of amides is 1. The van der Waals surface area contributed by atoms with E-state index in [2.05, 4.69) is 21.2 Å². The Balaban J connectivity index is 2.97. The fraction of sp³-hybridized carbons (Fsp3) is 0.300. The predicted octanol–water partition coefficient (Wildman–Crippen LogP) is 1.47. The Morgan fingerprint density at radius 2 is 2.24 bits per heavy atom. The lowest BCUT2D eigenvalue weighted by molar-refractivity contribution is -0.385. The minimum absolute atomic E-state index is 0.166. The first-order chi connectivity index (χ1) is 7.93. The number of non-ortho nitro benzene ring substituents is 1. The fourth-order valence-corrected chi connectivity index (χ4v) is 1.64. The van der Waals surface area contributed by atoms with Gasteiger partial charge in [0.15, 0.2) is 0 Å². The number of carbonyl (C=O) groups is 1. The number of nitro benzene ring substituents is 1. The largest absolute Gasteiger partial charge is 0.394 e. The number of rotatable bonds is 4. The molecular formula is C10H11BrN2O4. The number of aliphatic hydroxyl groups is 1. The van der Waals surface area contributed by atoms with Gasteiger partial charge in [0.1, 0.15) is 0 Å². The Labute approximate surface area is 106 Å². The molecule has 0 radical (unpaired) electrons. The third-order valence-corrected chi connectivity index (χ3v) is 2.46. The summed E-state index contributed by atoms with van der Waals surface area (Å²) in [6, 6.07) is 3.57. The zero-order valence-electron chi connectivity index (χ0n) is 9.01. The molecule has 0 spiro atoms. The van der Waals surface area contributed by atoms with E-state index in [1.54, 1.807) is 6.92 Å². The molecule has 0 bridgehead atoms. The molecule has 6 nitrogen and oxygen atoms in total. The zero-order chi connectivity index (χ0) is 13.0. The van der Waals surface area contributed by atoms with E-state index in [1.165, 1.54) is 18.2 Å². The first-order valence-electron chi connectivity index (χ1n) is 4.80. The summed E-state index contributed by atoms with van der Waals surface area (Å²) in [5.41, 5.74) is 0.00699. The number of hydrogen-bond acceptors (Lipinski definition) is 4. The van der Waals surface area contributed by atoms with Crippen LogP contribution in [0.15, 0.2) is 22.7 Å². The van der Waals surface area contributed by atoms with Crippen molar-refractivity contribution in [2.75, 3.05) is 6.61 Å². The number of carbonyl (C=O) groups excluding carboxylic acids is 1. The Kier molecular flexibility index (Phi) is 4.59. The molecule has 7 heteroatoms. The lowest BCUT2D eigenvalue weighted by Crippen LogP contribution is -2.35. The summed E-state index contributed by atoms with van der Waals surface area (Å²) >= 11 is 3.10. The molecule has 92 valence electrons. The van der Waals surface area contributed by atoms with Crippen LogP contribution in [0.1, 0.15) is 17.3 Å². The lowest BCUT2D eigenvalue weighted by Gasteiger charge is -2.10. The molecule has 0 aliphatic carbocycles. The zero-order valence-corrected chi connectivity index (χ0v) is 10.6. The Hall–Kier alpha value is -1.47. The average Bonchev–Trinajstić information content (AvgIpc) is 2.27. The van der Waals surface area contributed by atoms with Crippen molar-refractivity contribution in [2.24, 2.45) is 0 Å². The van der Waals surface area contributed by atoms with Crippen molar-refractivity contribution in [3.63, 3.8) is 0 Å². The van der Waals surface area contributed by atoms with Gasteiger partial charge in [-0.15, -0.1) is 0 Å². The quantitative estimate of drug-likeness (QED) is 0.650. The molecule has 1 amide bonds. The van der Waals surface area contributed by atoms with Crippen LogP contribution >= 0.6 is 15.9 Å². The van der Waals surface area contributed by atoms with Crippen LogP contribution in [0.5, 0.6) is 0 Å². The third-order valence-electron chi connectivity index (χ3n) is 2.01. The van der Waals surface area contributed by atoms with E-state index in [9.17, 15) is 14.9 Å². The molecule has 2 N–H and O–H groups in total. The standard InChI is InChI=1S/C10H11BrN2O4/c1-6(5-14)12-10(15)7-2-8(11)4-9(3-7)13(16)17/h2-4,6,14H,5H2,1H3,(H,12,15). The second-order valence-electron chi connectivity index (χ2n) is 3.51. The van der Waals surface area contributed by atoms with Crippen LogP contribution < -0.4 is 5.32 Å². The van der Waals surface area contributed by atoms with E-state index in [4.69, 9.17) is 5.11 Å². The molecule has 0 aromatic heterocycles. The molecule has 17 heavy (non-hydrogen) atoms. The number of nitrogens with zero attached hydrogens (tertiary/aromatic N) is 1. The van der Waals surface area contributed by atoms with Crippen LogP contribution in [-0.2, 0) is 0 Å². The minimum Gasteiger partial charge on any atom is -0.394 e. The number of nitro groups is 1. The second kappa shape index (κ2) is 5.74. The highest BCUT2D eigenvalue weighted by Gasteiger charge is 2.14. The van der Waals surface area contributed by atoms with Gasteiger partial charge in [-0.05, 0) is 13.0 Å². The van der Waals surface area contributed by atoms with Crippen LogP contribution in [-0.4, -0.2) is 28.6 Å². The Bertz CT molecular complexity index is 450. The van der Waals surface area contributed by atoms with Gasteiger partial charge >= 0.3 is 0 Å². The summed E-state index contributed by atoms with van der Waals surface area (Å²) in [6.07, 6.45) is 0. The Morgan fingerprint density at radius 1 is 1.59 bits per heavy atom. The van der Waals surface area contributed by atoms with Gasteiger partial charge in [-0.1, -0.05) is 15.9 Å². The predicted molar refractivity (Wildman–Crippen MR) is 64.8 cm³/mol.